The number of fused-ring (bicyclic) bond motifs is 1. The van der Waals surface area contributed by atoms with Crippen LogP contribution in [0.4, 0.5) is 5.69 Å². The second-order valence-electron chi connectivity index (χ2n) is 5.48. The van der Waals surface area contributed by atoms with Crippen LogP contribution < -0.4 is 5.32 Å². The molecular weight excluding hydrogens is 252 g/mol. The number of para-hydroxylation sites is 1. The largest absolute Gasteiger partial charge is 0.326 e. The summed E-state index contributed by atoms with van der Waals surface area (Å²) in [6, 6.07) is 7.22. The van der Waals surface area contributed by atoms with Gasteiger partial charge in [0.1, 0.15) is 6.04 Å². The molecule has 0 fully saturated rings. The van der Waals surface area contributed by atoms with Gasteiger partial charge in [-0.2, -0.15) is 0 Å². The van der Waals surface area contributed by atoms with Crippen molar-refractivity contribution < 1.29 is 9.59 Å². The van der Waals surface area contributed by atoms with E-state index in [1.54, 1.807) is 11.8 Å². The van der Waals surface area contributed by atoms with Crippen LogP contribution in [0.3, 0.4) is 0 Å². The number of anilines is 1. The Morgan fingerprint density at radius 1 is 1.45 bits per heavy atom. The van der Waals surface area contributed by atoms with Crippen LogP contribution in [0.15, 0.2) is 24.3 Å². The molecule has 108 valence electrons. The minimum Gasteiger partial charge on any atom is -0.326 e. The summed E-state index contributed by atoms with van der Waals surface area (Å²) in [4.78, 5) is 26.4. The molecule has 0 saturated heterocycles. The van der Waals surface area contributed by atoms with E-state index < -0.39 is 6.04 Å². The van der Waals surface area contributed by atoms with Crippen molar-refractivity contribution in [2.45, 2.75) is 46.2 Å². The SMILES string of the molecule is CCCC(C)C(=O)N1Cc2ccccc2NC(=O)C1C. The number of nitrogens with zero attached hydrogens (tertiary/aromatic N) is 1. The number of carbonyl (C=O) groups excluding carboxylic acids is 2. The quantitative estimate of drug-likeness (QED) is 0.921. The topological polar surface area (TPSA) is 49.4 Å². The van der Waals surface area contributed by atoms with Crippen LogP contribution in [-0.2, 0) is 16.1 Å². The van der Waals surface area contributed by atoms with Gasteiger partial charge in [0, 0.05) is 18.2 Å². The molecule has 1 heterocycles. The highest BCUT2D eigenvalue weighted by Gasteiger charge is 2.31. The third-order valence-electron chi connectivity index (χ3n) is 3.89. The Morgan fingerprint density at radius 3 is 2.85 bits per heavy atom. The molecule has 4 nitrogen and oxygen atoms in total. The van der Waals surface area contributed by atoms with Crippen molar-refractivity contribution >= 4 is 17.5 Å². The lowest BCUT2D eigenvalue weighted by molar-refractivity contribution is -0.141. The van der Waals surface area contributed by atoms with E-state index in [9.17, 15) is 9.59 Å². The molecular formula is C16H22N2O2. The van der Waals surface area contributed by atoms with E-state index >= 15 is 0 Å². The molecule has 1 aromatic rings. The summed E-state index contributed by atoms with van der Waals surface area (Å²) < 4.78 is 0. The lowest BCUT2D eigenvalue weighted by atomic mass is 10.0. The van der Waals surface area contributed by atoms with E-state index in [1.165, 1.54) is 0 Å². The first-order valence-electron chi connectivity index (χ1n) is 7.23. The zero-order valence-corrected chi connectivity index (χ0v) is 12.3. The Bertz CT molecular complexity index is 513. The van der Waals surface area contributed by atoms with Gasteiger partial charge in [-0.25, -0.2) is 0 Å². The maximum atomic E-state index is 12.6. The van der Waals surface area contributed by atoms with Gasteiger partial charge in [0.25, 0.3) is 0 Å². The Kier molecular flexibility index (Phi) is 4.42. The van der Waals surface area contributed by atoms with Crippen LogP contribution in [0.2, 0.25) is 0 Å². The molecule has 0 saturated carbocycles. The summed E-state index contributed by atoms with van der Waals surface area (Å²) in [5.74, 6) is -0.0984. The van der Waals surface area contributed by atoms with Gasteiger partial charge in [-0.15, -0.1) is 0 Å². The van der Waals surface area contributed by atoms with Crippen molar-refractivity contribution in [2.24, 2.45) is 5.92 Å². The molecule has 0 bridgehead atoms. The summed E-state index contributed by atoms with van der Waals surface area (Å²) in [7, 11) is 0. The molecule has 4 heteroatoms. The van der Waals surface area contributed by atoms with E-state index in [0.717, 1.165) is 24.1 Å². The highest BCUT2D eigenvalue weighted by Crippen LogP contribution is 2.24. The summed E-state index contributed by atoms with van der Waals surface area (Å²) in [6.45, 7) is 6.28. The Labute approximate surface area is 120 Å². The lowest BCUT2D eigenvalue weighted by Gasteiger charge is -2.28. The fourth-order valence-corrected chi connectivity index (χ4v) is 2.59. The van der Waals surface area contributed by atoms with Crippen LogP contribution in [-0.4, -0.2) is 22.8 Å². The zero-order valence-electron chi connectivity index (χ0n) is 12.3. The maximum Gasteiger partial charge on any atom is 0.246 e. The smallest absolute Gasteiger partial charge is 0.246 e. The van der Waals surface area contributed by atoms with Gasteiger partial charge in [-0.05, 0) is 25.0 Å². The second kappa shape index (κ2) is 6.07. The summed E-state index contributed by atoms with van der Waals surface area (Å²) in [6.07, 6.45) is 1.82. The summed E-state index contributed by atoms with van der Waals surface area (Å²) in [5, 5.41) is 2.90. The highest BCUT2D eigenvalue weighted by atomic mass is 16.2. The fourth-order valence-electron chi connectivity index (χ4n) is 2.59. The third kappa shape index (κ3) is 2.84. The van der Waals surface area contributed by atoms with Gasteiger partial charge in [0.15, 0.2) is 0 Å². The molecule has 20 heavy (non-hydrogen) atoms. The van der Waals surface area contributed by atoms with Gasteiger partial charge in [0.05, 0.1) is 0 Å². The lowest BCUT2D eigenvalue weighted by Crippen LogP contribution is -2.45. The van der Waals surface area contributed by atoms with Gasteiger partial charge < -0.3 is 10.2 Å². The standard InChI is InChI=1S/C16H22N2O2/c1-4-7-11(2)16(20)18-10-13-8-5-6-9-14(13)17-15(19)12(18)3/h5-6,8-9,11-12H,4,7,10H2,1-3H3,(H,17,19). The molecule has 1 aromatic carbocycles. The molecule has 0 radical (unpaired) electrons. The van der Waals surface area contributed by atoms with E-state index in [-0.39, 0.29) is 17.7 Å². The molecule has 0 aromatic heterocycles. The number of rotatable bonds is 3. The number of benzene rings is 1. The number of amides is 2. The predicted octanol–water partition coefficient (Wildman–Crippen LogP) is 2.79. The van der Waals surface area contributed by atoms with Gasteiger partial charge in [0.2, 0.25) is 11.8 Å². The summed E-state index contributed by atoms with van der Waals surface area (Å²) >= 11 is 0. The van der Waals surface area contributed by atoms with Crippen molar-refractivity contribution in [3.8, 4) is 0 Å². The van der Waals surface area contributed by atoms with Gasteiger partial charge in [-0.3, -0.25) is 9.59 Å². The number of nitrogens with one attached hydrogen (secondary N) is 1. The van der Waals surface area contributed by atoms with Crippen LogP contribution in [0.25, 0.3) is 0 Å². The molecule has 0 aliphatic carbocycles. The first kappa shape index (κ1) is 14.6. The molecule has 1 aliphatic heterocycles. The highest BCUT2D eigenvalue weighted by molar-refractivity contribution is 5.98. The second-order valence-corrected chi connectivity index (χ2v) is 5.48. The number of carbonyl (C=O) groups is 2. The molecule has 1 aliphatic rings. The van der Waals surface area contributed by atoms with Crippen molar-refractivity contribution in [1.82, 2.24) is 4.90 Å². The third-order valence-corrected chi connectivity index (χ3v) is 3.89. The minimum absolute atomic E-state index is 0.0412. The predicted molar refractivity (Wildman–Crippen MR) is 79.2 cm³/mol. The summed E-state index contributed by atoms with van der Waals surface area (Å²) in [5.41, 5.74) is 1.80. The number of hydrogen-bond donors (Lipinski definition) is 1. The zero-order chi connectivity index (χ0) is 14.7. The van der Waals surface area contributed by atoms with E-state index in [4.69, 9.17) is 0 Å². The molecule has 1 N–H and O–H groups in total. The first-order chi connectivity index (χ1) is 9.54. The Balaban J connectivity index is 2.28. The van der Waals surface area contributed by atoms with E-state index in [1.807, 2.05) is 31.2 Å². The fraction of sp³-hybridized carbons (Fsp3) is 0.500. The van der Waals surface area contributed by atoms with Crippen molar-refractivity contribution in [2.75, 3.05) is 5.32 Å². The van der Waals surface area contributed by atoms with Crippen molar-refractivity contribution in [3.63, 3.8) is 0 Å². The number of hydrogen-bond acceptors (Lipinski definition) is 2. The van der Waals surface area contributed by atoms with Crippen molar-refractivity contribution in [1.29, 1.82) is 0 Å². The monoisotopic (exact) mass is 274 g/mol. The molecule has 0 spiro atoms. The maximum absolute atomic E-state index is 12.6. The van der Waals surface area contributed by atoms with Gasteiger partial charge in [-0.1, -0.05) is 38.5 Å². The molecule has 2 amide bonds. The van der Waals surface area contributed by atoms with Crippen LogP contribution in [0.1, 0.15) is 39.2 Å². The molecule has 2 atom stereocenters. The normalized spacial score (nSPS) is 19.9. The van der Waals surface area contributed by atoms with E-state index in [2.05, 4.69) is 12.2 Å². The van der Waals surface area contributed by atoms with Gasteiger partial charge >= 0.3 is 0 Å². The van der Waals surface area contributed by atoms with Crippen LogP contribution >= 0.6 is 0 Å². The van der Waals surface area contributed by atoms with Crippen LogP contribution in [0, 0.1) is 5.92 Å². The molecule has 2 rings (SSSR count). The average molecular weight is 274 g/mol. The Morgan fingerprint density at radius 2 is 2.15 bits per heavy atom. The van der Waals surface area contributed by atoms with E-state index in [0.29, 0.717) is 6.54 Å². The Hall–Kier alpha value is -1.84. The first-order valence-corrected chi connectivity index (χ1v) is 7.23. The average Bonchev–Trinajstić information content (AvgIpc) is 2.56. The minimum atomic E-state index is -0.436. The van der Waals surface area contributed by atoms with Crippen molar-refractivity contribution in [3.05, 3.63) is 29.8 Å². The molecule has 2 unspecified atom stereocenters. The van der Waals surface area contributed by atoms with Crippen LogP contribution in [0.5, 0.6) is 0 Å².